The SMILES string of the molecule is CO[Si]1(C)CCC(C)O[Si]1(C)C. The molecule has 2 atom stereocenters. The van der Waals surface area contributed by atoms with Crippen molar-refractivity contribution in [3.8, 4) is 0 Å². The fraction of sp³-hybridized carbons (Fsp3) is 1.00. The van der Waals surface area contributed by atoms with Gasteiger partial charge in [0.25, 0.3) is 0 Å². The Labute approximate surface area is 77.3 Å². The van der Waals surface area contributed by atoms with Gasteiger partial charge in [0.2, 0.25) is 15.7 Å². The maximum Gasteiger partial charge on any atom is 0.207 e. The van der Waals surface area contributed by atoms with Crippen molar-refractivity contribution in [2.75, 3.05) is 7.11 Å². The molecule has 0 aliphatic carbocycles. The number of hydrogen-bond donors (Lipinski definition) is 0. The molecule has 1 heterocycles. The maximum absolute atomic E-state index is 6.06. The molecule has 0 aromatic heterocycles. The van der Waals surface area contributed by atoms with Gasteiger partial charge in [-0.15, -0.1) is 0 Å². The lowest BCUT2D eigenvalue weighted by atomic mass is 10.3. The highest BCUT2D eigenvalue weighted by atomic mass is 29.3. The summed E-state index contributed by atoms with van der Waals surface area (Å²) in [7, 11) is -1.09. The second-order valence-corrected chi connectivity index (χ2v) is 17.8. The first-order valence-electron chi connectivity index (χ1n) is 4.64. The van der Waals surface area contributed by atoms with Gasteiger partial charge < -0.3 is 8.85 Å². The van der Waals surface area contributed by atoms with Gasteiger partial charge in [0.1, 0.15) is 0 Å². The van der Waals surface area contributed by atoms with Gasteiger partial charge in [-0.25, -0.2) is 0 Å². The van der Waals surface area contributed by atoms with Crippen molar-refractivity contribution < 1.29 is 8.85 Å². The van der Waals surface area contributed by atoms with Crippen LogP contribution in [0.25, 0.3) is 0 Å². The van der Waals surface area contributed by atoms with E-state index in [2.05, 4.69) is 26.6 Å². The highest BCUT2D eigenvalue weighted by molar-refractivity contribution is 7.36. The molecule has 0 spiro atoms. The lowest BCUT2D eigenvalue weighted by molar-refractivity contribution is 0.195. The third kappa shape index (κ3) is 1.66. The summed E-state index contributed by atoms with van der Waals surface area (Å²) in [6.45, 7) is 9.11. The predicted molar refractivity (Wildman–Crippen MR) is 56.1 cm³/mol. The standard InChI is InChI=1S/C8H20O2Si2/c1-8-6-7-12(5,9-2)11(3,4)10-8/h8H,6-7H2,1-5H3. The van der Waals surface area contributed by atoms with Crippen molar-refractivity contribution in [1.82, 2.24) is 0 Å². The Morgan fingerprint density at radius 2 is 1.92 bits per heavy atom. The molecule has 0 saturated carbocycles. The van der Waals surface area contributed by atoms with E-state index in [0.717, 1.165) is 0 Å². The zero-order chi connectivity index (χ0) is 9.41. The summed E-state index contributed by atoms with van der Waals surface area (Å²) in [6, 6.07) is 1.28. The third-order valence-electron chi connectivity index (χ3n) is 3.25. The van der Waals surface area contributed by atoms with Crippen LogP contribution in [-0.4, -0.2) is 28.9 Å². The Morgan fingerprint density at radius 3 is 2.33 bits per heavy atom. The molecule has 0 amide bonds. The van der Waals surface area contributed by atoms with Gasteiger partial charge in [-0.2, -0.15) is 0 Å². The smallest absolute Gasteiger partial charge is 0.207 e. The fourth-order valence-corrected chi connectivity index (χ4v) is 10.5. The Bertz CT molecular complexity index is 172. The molecule has 4 heteroatoms. The average molecular weight is 204 g/mol. The van der Waals surface area contributed by atoms with Crippen LogP contribution >= 0.6 is 0 Å². The van der Waals surface area contributed by atoms with Crippen LogP contribution in [0.15, 0.2) is 0 Å². The highest BCUT2D eigenvalue weighted by Gasteiger charge is 2.51. The summed E-state index contributed by atoms with van der Waals surface area (Å²) in [4.78, 5) is 0. The van der Waals surface area contributed by atoms with E-state index in [-0.39, 0.29) is 0 Å². The first-order chi connectivity index (χ1) is 5.41. The van der Waals surface area contributed by atoms with E-state index in [1.165, 1.54) is 12.5 Å². The van der Waals surface area contributed by atoms with Crippen molar-refractivity contribution in [2.45, 2.75) is 45.1 Å². The molecule has 0 N–H and O–H groups in total. The summed E-state index contributed by atoms with van der Waals surface area (Å²) >= 11 is 0. The van der Waals surface area contributed by atoms with Gasteiger partial charge in [-0.1, -0.05) is 0 Å². The van der Waals surface area contributed by atoms with Crippen molar-refractivity contribution in [1.29, 1.82) is 0 Å². The highest BCUT2D eigenvalue weighted by Crippen LogP contribution is 2.33. The minimum absolute atomic E-state index is 0.461. The van der Waals surface area contributed by atoms with Crippen LogP contribution in [0.2, 0.25) is 25.7 Å². The van der Waals surface area contributed by atoms with Crippen LogP contribution in [0.4, 0.5) is 0 Å². The van der Waals surface area contributed by atoms with Gasteiger partial charge in [0.05, 0.1) is 0 Å². The average Bonchev–Trinajstić information content (AvgIpc) is 1.97. The normalized spacial score (nSPS) is 41.2. The summed E-state index contributed by atoms with van der Waals surface area (Å²) in [5.41, 5.74) is 0. The Balaban J connectivity index is 2.77. The summed E-state index contributed by atoms with van der Waals surface area (Å²) in [5.74, 6) is 0. The maximum atomic E-state index is 6.06. The summed E-state index contributed by atoms with van der Waals surface area (Å²) in [5, 5.41) is 0. The van der Waals surface area contributed by atoms with Gasteiger partial charge >= 0.3 is 0 Å². The van der Waals surface area contributed by atoms with Crippen molar-refractivity contribution >= 4 is 15.7 Å². The molecule has 0 bridgehead atoms. The molecular formula is C8H20O2Si2. The van der Waals surface area contributed by atoms with E-state index in [1.54, 1.807) is 0 Å². The van der Waals surface area contributed by atoms with Crippen LogP contribution in [0.5, 0.6) is 0 Å². The molecule has 72 valence electrons. The summed E-state index contributed by atoms with van der Waals surface area (Å²) in [6.07, 6.45) is 1.65. The molecule has 1 aliphatic heterocycles. The molecule has 2 unspecified atom stereocenters. The predicted octanol–water partition coefficient (Wildman–Crippen LogP) is 2.30. The number of hydrogen-bond acceptors (Lipinski definition) is 2. The van der Waals surface area contributed by atoms with E-state index in [9.17, 15) is 0 Å². The molecule has 0 aromatic rings. The van der Waals surface area contributed by atoms with Gasteiger partial charge in [0, 0.05) is 13.2 Å². The van der Waals surface area contributed by atoms with Crippen LogP contribution in [0.3, 0.4) is 0 Å². The fourth-order valence-electron chi connectivity index (χ4n) is 1.81. The van der Waals surface area contributed by atoms with E-state index >= 15 is 0 Å². The van der Waals surface area contributed by atoms with E-state index in [0.29, 0.717) is 6.10 Å². The van der Waals surface area contributed by atoms with Gasteiger partial charge in [0.15, 0.2) is 0 Å². The topological polar surface area (TPSA) is 18.5 Å². The first kappa shape index (κ1) is 10.4. The van der Waals surface area contributed by atoms with Crippen molar-refractivity contribution in [3.63, 3.8) is 0 Å². The molecule has 1 aliphatic rings. The Kier molecular flexibility index (Phi) is 2.83. The van der Waals surface area contributed by atoms with Crippen LogP contribution in [-0.2, 0) is 8.85 Å². The second-order valence-electron chi connectivity index (χ2n) is 4.41. The molecule has 1 saturated heterocycles. The lowest BCUT2D eigenvalue weighted by Crippen LogP contribution is -2.64. The van der Waals surface area contributed by atoms with E-state index < -0.39 is 15.7 Å². The molecule has 0 aromatic carbocycles. The molecular weight excluding hydrogens is 184 g/mol. The molecule has 0 radical (unpaired) electrons. The molecule has 1 rings (SSSR count). The molecule has 2 nitrogen and oxygen atoms in total. The minimum Gasteiger partial charge on any atom is -0.420 e. The Hall–Kier alpha value is 0.354. The van der Waals surface area contributed by atoms with Gasteiger partial charge in [-0.05, 0) is 39.0 Å². The minimum atomic E-state index is -1.49. The zero-order valence-electron chi connectivity index (χ0n) is 8.81. The molecule has 1 fully saturated rings. The van der Waals surface area contributed by atoms with E-state index in [1.807, 2.05) is 7.11 Å². The zero-order valence-corrected chi connectivity index (χ0v) is 10.8. The van der Waals surface area contributed by atoms with Crippen molar-refractivity contribution in [3.05, 3.63) is 0 Å². The Morgan fingerprint density at radius 1 is 1.33 bits per heavy atom. The quantitative estimate of drug-likeness (QED) is 0.610. The molecule has 12 heavy (non-hydrogen) atoms. The largest absolute Gasteiger partial charge is 0.420 e. The van der Waals surface area contributed by atoms with E-state index in [4.69, 9.17) is 8.85 Å². The number of rotatable bonds is 1. The van der Waals surface area contributed by atoms with Crippen LogP contribution < -0.4 is 0 Å². The van der Waals surface area contributed by atoms with Crippen LogP contribution in [0, 0.1) is 0 Å². The monoisotopic (exact) mass is 204 g/mol. The van der Waals surface area contributed by atoms with Gasteiger partial charge in [-0.3, -0.25) is 0 Å². The van der Waals surface area contributed by atoms with Crippen molar-refractivity contribution in [2.24, 2.45) is 0 Å². The first-order valence-corrected chi connectivity index (χ1v) is 11.2. The lowest BCUT2D eigenvalue weighted by Gasteiger charge is -2.45. The summed E-state index contributed by atoms with van der Waals surface area (Å²) < 4.78 is 11.8. The van der Waals surface area contributed by atoms with Crippen LogP contribution in [0.1, 0.15) is 13.3 Å². The second kappa shape index (κ2) is 3.25. The third-order valence-corrected chi connectivity index (χ3v) is 18.3.